The maximum Gasteiger partial charge on any atom is 0.353 e. The molecule has 0 saturated carbocycles. The molecule has 0 radical (unpaired) electrons. The summed E-state index contributed by atoms with van der Waals surface area (Å²) < 4.78 is 21.6. The summed E-state index contributed by atoms with van der Waals surface area (Å²) in [5.41, 5.74) is 1.14. The topological polar surface area (TPSA) is 71.1 Å². The summed E-state index contributed by atoms with van der Waals surface area (Å²) in [4.78, 5) is 25.2. The van der Waals surface area contributed by atoms with Crippen molar-refractivity contribution in [1.82, 2.24) is 0 Å². The van der Waals surface area contributed by atoms with Crippen LogP contribution in [0, 0.1) is 0 Å². The minimum absolute atomic E-state index is 0.175. The van der Waals surface area contributed by atoms with Gasteiger partial charge in [0.25, 0.3) is 0 Å². The van der Waals surface area contributed by atoms with Crippen LogP contribution in [0.2, 0.25) is 0 Å². The first-order valence-electron chi connectivity index (χ1n) is 8.65. The molecule has 6 nitrogen and oxygen atoms in total. The molecule has 0 amide bonds. The highest BCUT2D eigenvalue weighted by molar-refractivity contribution is 7.12. The van der Waals surface area contributed by atoms with Gasteiger partial charge in [-0.15, -0.1) is 11.3 Å². The number of carbonyl (C=O) groups excluding carboxylic acids is 2. The summed E-state index contributed by atoms with van der Waals surface area (Å²) in [5.74, 6) is 1.27. The van der Waals surface area contributed by atoms with Crippen molar-refractivity contribution in [3.63, 3.8) is 0 Å². The SMILES string of the molecule is COc1ccc(/C=C2\Oc3cc(OC(=O)c4cccs4)ccc3C2=O)cc1OC. The van der Waals surface area contributed by atoms with E-state index < -0.39 is 5.97 Å². The molecule has 0 N–H and O–H groups in total. The largest absolute Gasteiger partial charge is 0.493 e. The Morgan fingerprint density at radius 1 is 1.03 bits per heavy atom. The Morgan fingerprint density at radius 2 is 1.86 bits per heavy atom. The minimum atomic E-state index is -0.453. The number of methoxy groups -OCH3 is 2. The Bertz CT molecular complexity index is 1110. The molecule has 2 aromatic carbocycles. The number of ether oxygens (including phenoxy) is 4. The van der Waals surface area contributed by atoms with E-state index in [1.54, 1.807) is 68.1 Å². The Labute approximate surface area is 170 Å². The highest BCUT2D eigenvalue weighted by Gasteiger charge is 2.28. The van der Waals surface area contributed by atoms with Crippen LogP contribution in [-0.4, -0.2) is 26.0 Å². The van der Waals surface area contributed by atoms with Crippen LogP contribution in [0.5, 0.6) is 23.0 Å². The van der Waals surface area contributed by atoms with E-state index in [0.717, 1.165) is 5.56 Å². The smallest absolute Gasteiger partial charge is 0.353 e. The van der Waals surface area contributed by atoms with E-state index in [4.69, 9.17) is 18.9 Å². The monoisotopic (exact) mass is 408 g/mol. The first-order chi connectivity index (χ1) is 14.1. The van der Waals surface area contributed by atoms with Crippen LogP contribution in [-0.2, 0) is 0 Å². The molecule has 4 rings (SSSR count). The minimum Gasteiger partial charge on any atom is -0.493 e. The van der Waals surface area contributed by atoms with Gasteiger partial charge in [0.2, 0.25) is 5.78 Å². The van der Waals surface area contributed by atoms with E-state index in [9.17, 15) is 9.59 Å². The fraction of sp³-hybridized carbons (Fsp3) is 0.0909. The van der Waals surface area contributed by atoms with Crippen molar-refractivity contribution in [3.05, 3.63) is 75.7 Å². The Morgan fingerprint density at radius 3 is 2.59 bits per heavy atom. The van der Waals surface area contributed by atoms with E-state index in [2.05, 4.69) is 0 Å². The second-order valence-electron chi connectivity index (χ2n) is 6.08. The highest BCUT2D eigenvalue weighted by Crippen LogP contribution is 2.36. The molecule has 29 heavy (non-hydrogen) atoms. The van der Waals surface area contributed by atoms with Crippen molar-refractivity contribution in [3.8, 4) is 23.0 Å². The summed E-state index contributed by atoms with van der Waals surface area (Å²) >= 11 is 1.30. The van der Waals surface area contributed by atoms with E-state index in [-0.39, 0.29) is 11.5 Å². The number of ketones is 1. The number of carbonyl (C=O) groups is 2. The van der Waals surface area contributed by atoms with Crippen LogP contribution in [0.25, 0.3) is 6.08 Å². The molecule has 0 aliphatic carbocycles. The third-order valence-corrected chi connectivity index (χ3v) is 5.13. The maximum absolute atomic E-state index is 12.6. The highest BCUT2D eigenvalue weighted by atomic mass is 32.1. The van der Waals surface area contributed by atoms with Crippen molar-refractivity contribution in [1.29, 1.82) is 0 Å². The van der Waals surface area contributed by atoms with Crippen LogP contribution in [0.15, 0.2) is 59.7 Å². The average Bonchev–Trinajstić information content (AvgIpc) is 3.37. The van der Waals surface area contributed by atoms with Gasteiger partial charge in [-0.25, -0.2) is 4.79 Å². The Balaban J connectivity index is 1.57. The molecular formula is C22H16O6S. The van der Waals surface area contributed by atoms with Gasteiger partial charge >= 0.3 is 5.97 Å². The second kappa shape index (κ2) is 7.81. The normalized spacial score (nSPS) is 13.7. The van der Waals surface area contributed by atoms with Crippen molar-refractivity contribution >= 4 is 29.2 Å². The first-order valence-corrected chi connectivity index (χ1v) is 9.53. The van der Waals surface area contributed by atoms with E-state index in [1.165, 1.54) is 17.4 Å². The number of thiophene rings is 1. The van der Waals surface area contributed by atoms with Crippen LogP contribution >= 0.6 is 11.3 Å². The molecule has 0 atom stereocenters. The van der Waals surface area contributed by atoms with Gasteiger partial charge in [-0.05, 0) is 47.4 Å². The fourth-order valence-corrected chi connectivity index (χ4v) is 3.48. The Kier molecular flexibility index (Phi) is 5.05. The average molecular weight is 408 g/mol. The number of hydrogen-bond donors (Lipinski definition) is 0. The first kappa shape index (κ1) is 18.8. The molecule has 146 valence electrons. The maximum atomic E-state index is 12.6. The lowest BCUT2D eigenvalue weighted by atomic mass is 10.1. The number of Topliss-reactive ketones (excluding diaryl/α,β-unsaturated/α-hetero) is 1. The van der Waals surface area contributed by atoms with Gasteiger partial charge in [-0.1, -0.05) is 12.1 Å². The van der Waals surface area contributed by atoms with Crippen LogP contribution in [0.1, 0.15) is 25.6 Å². The number of allylic oxidation sites excluding steroid dienone is 1. The predicted molar refractivity (Wildman–Crippen MR) is 108 cm³/mol. The molecule has 2 heterocycles. The van der Waals surface area contributed by atoms with Gasteiger partial charge < -0.3 is 18.9 Å². The zero-order valence-electron chi connectivity index (χ0n) is 15.6. The molecule has 0 bridgehead atoms. The molecule has 0 spiro atoms. The molecule has 7 heteroatoms. The van der Waals surface area contributed by atoms with Gasteiger partial charge in [0.15, 0.2) is 17.3 Å². The molecule has 1 aromatic heterocycles. The summed E-state index contributed by atoms with van der Waals surface area (Å²) in [6.45, 7) is 0. The van der Waals surface area contributed by atoms with Gasteiger partial charge in [0, 0.05) is 6.07 Å². The van der Waals surface area contributed by atoms with Crippen LogP contribution < -0.4 is 18.9 Å². The van der Waals surface area contributed by atoms with Crippen molar-refractivity contribution in [2.45, 2.75) is 0 Å². The lowest BCUT2D eigenvalue weighted by molar-refractivity contribution is 0.0739. The lowest BCUT2D eigenvalue weighted by Crippen LogP contribution is -2.06. The summed E-state index contributed by atoms with van der Waals surface area (Å²) in [6.07, 6.45) is 1.63. The molecule has 0 fully saturated rings. The predicted octanol–water partition coefficient (Wildman–Crippen LogP) is 4.60. The zero-order valence-corrected chi connectivity index (χ0v) is 16.4. The summed E-state index contributed by atoms with van der Waals surface area (Å²) in [5, 5.41) is 1.80. The van der Waals surface area contributed by atoms with Gasteiger partial charge in [0.1, 0.15) is 16.4 Å². The molecule has 0 unspecified atom stereocenters. The van der Waals surface area contributed by atoms with E-state index >= 15 is 0 Å². The fourth-order valence-electron chi connectivity index (χ4n) is 2.88. The van der Waals surface area contributed by atoms with Crippen molar-refractivity contribution < 1.29 is 28.5 Å². The lowest BCUT2D eigenvalue weighted by Gasteiger charge is -2.08. The standard InChI is InChI=1S/C22H16O6S/c1-25-16-8-5-13(10-18(16)26-2)11-19-21(23)15-7-6-14(12-17(15)28-19)27-22(24)20-4-3-9-29-20/h3-12H,1-2H3/b19-11-. The van der Waals surface area contributed by atoms with Gasteiger partial charge in [-0.2, -0.15) is 0 Å². The van der Waals surface area contributed by atoms with E-state index in [0.29, 0.717) is 33.4 Å². The Hall–Kier alpha value is -3.58. The number of benzene rings is 2. The number of hydrogen-bond acceptors (Lipinski definition) is 7. The number of rotatable bonds is 5. The molecule has 3 aromatic rings. The third-order valence-electron chi connectivity index (χ3n) is 4.28. The van der Waals surface area contributed by atoms with Crippen molar-refractivity contribution in [2.24, 2.45) is 0 Å². The number of esters is 1. The van der Waals surface area contributed by atoms with Crippen LogP contribution in [0.3, 0.4) is 0 Å². The molecule has 1 aliphatic rings. The molecular weight excluding hydrogens is 392 g/mol. The van der Waals surface area contributed by atoms with E-state index in [1.807, 2.05) is 0 Å². The van der Waals surface area contributed by atoms with Crippen molar-refractivity contribution in [2.75, 3.05) is 14.2 Å². The third kappa shape index (κ3) is 3.72. The second-order valence-corrected chi connectivity index (χ2v) is 7.03. The number of fused-ring (bicyclic) bond motifs is 1. The van der Waals surface area contributed by atoms with Gasteiger partial charge in [-0.3, -0.25) is 4.79 Å². The summed E-state index contributed by atoms with van der Waals surface area (Å²) in [7, 11) is 3.10. The zero-order chi connectivity index (χ0) is 20.4. The quantitative estimate of drug-likeness (QED) is 0.349. The molecule has 0 saturated heterocycles. The summed E-state index contributed by atoms with van der Waals surface area (Å²) in [6, 6.07) is 13.5. The van der Waals surface area contributed by atoms with Gasteiger partial charge in [0.05, 0.1) is 19.8 Å². The molecule has 1 aliphatic heterocycles. The van der Waals surface area contributed by atoms with Crippen LogP contribution in [0.4, 0.5) is 0 Å².